The second-order valence-electron chi connectivity index (χ2n) is 13.4. The van der Waals surface area contributed by atoms with Crippen molar-refractivity contribution in [2.75, 3.05) is 20.3 Å². The molecular weight excluding hydrogens is 516 g/mol. The molecule has 9 nitrogen and oxygen atoms in total. The normalized spacial score (nSPS) is 38.5. The van der Waals surface area contributed by atoms with E-state index in [2.05, 4.69) is 13.0 Å². The van der Waals surface area contributed by atoms with Gasteiger partial charge in [-0.2, -0.15) is 0 Å². The minimum atomic E-state index is -0.904. The second kappa shape index (κ2) is 12.9. The molecule has 40 heavy (non-hydrogen) atoms. The average molecular weight is 567 g/mol. The van der Waals surface area contributed by atoms with Gasteiger partial charge in [-0.1, -0.05) is 12.5 Å². The topological polar surface area (TPSA) is 98.8 Å². The summed E-state index contributed by atoms with van der Waals surface area (Å²) in [7, 11) is 1.61. The number of hydrogen-bond donors (Lipinski definition) is 0. The van der Waals surface area contributed by atoms with Gasteiger partial charge in [0.15, 0.2) is 17.9 Å². The highest BCUT2D eigenvalue weighted by Gasteiger charge is 2.46. The van der Waals surface area contributed by atoms with E-state index in [9.17, 15) is 9.59 Å². The van der Waals surface area contributed by atoms with Gasteiger partial charge in [0, 0.05) is 32.3 Å². The van der Waals surface area contributed by atoms with Crippen LogP contribution in [0.1, 0.15) is 92.9 Å². The van der Waals surface area contributed by atoms with Crippen LogP contribution in [0.4, 0.5) is 0 Å². The predicted molar refractivity (Wildman–Crippen MR) is 147 cm³/mol. The van der Waals surface area contributed by atoms with Crippen molar-refractivity contribution in [3.8, 4) is 0 Å². The molecule has 0 aliphatic carbocycles. The van der Waals surface area contributed by atoms with E-state index in [4.69, 9.17) is 33.2 Å². The zero-order valence-electron chi connectivity index (χ0n) is 25.4. The standard InChI is InChI=1S/C31H50O9/c1-20-19-36-31(13-11-24(34-7)27(18-32)40-31)17-21(20)15-23-16-26(39-30(5,6)38-23)25-10-8-9-22(37-25)12-14-35-28(33)29(2,3)4/h17-18,20,22-27H,8-16,19H2,1-7H3/t20-,22+,23+,24-,25-,26-,27+,31+/m0/s1. The third-order valence-electron chi connectivity index (χ3n) is 8.46. The number of esters is 1. The number of carbonyl (C=O) groups excluding carboxylic acids is 2. The number of ether oxygens (including phenoxy) is 7. The third-order valence-corrected chi connectivity index (χ3v) is 8.46. The highest BCUT2D eigenvalue weighted by molar-refractivity contribution is 5.75. The molecule has 3 fully saturated rings. The summed E-state index contributed by atoms with van der Waals surface area (Å²) in [5.41, 5.74) is 0.714. The van der Waals surface area contributed by atoms with E-state index in [0.717, 1.165) is 38.4 Å². The summed E-state index contributed by atoms with van der Waals surface area (Å²) in [5.74, 6) is -1.62. The van der Waals surface area contributed by atoms with Crippen molar-refractivity contribution in [1.29, 1.82) is 0 Å². The Hall–Kier alpha value is -1.36. The molecule has 4 heterocycles. The summed E-state index contributed by atoms with van der Waals surface area (Å²) in [4.78, 5) is 23.8. The monoisotopic (exact) mass is 566 g/mol. The fraction of sp³-hybridized carbons (Fsp3) is 0.871. The Morgan fingerprint density at radius 1 is 1.10 bits per heavy atom. The van der Waals surface area contributed by atoms with Gasteiger partial charge in [0.1, 0.15) is 6.10 Å². The summed E-state index contributed by atoms with van der Waals surface area (Å²) in [6.45, 7) is 12.6. The molecule has 0 aromatic carbocycles. The highest BCUT2D eigenvalue weighted by Crippen LogP contribution is 2.41. The lowest BCUT2D eigenvalue weighted by Crippen LogP contribution is -2.52. The van der Waals surface area contributed by atoms with E-state index < -0.39 is 23.1 Å². The Bertz CT molecular complexity index is 909. The lowest BCUT2D eigenvalue weighted by atomic mass is 9.86. The number of hydrogen-bond acceptors (Lipinski definition) is 9. The predicted octanol–water partition coefficient (Wildman–Crippen LogP) is 4.89. The Balaban J connectivity index is 1.38. The van der Waals surface area contributed by atoms with Crippen molar-refractivity contribution in [3.63, 3.8) is 0 Å². The third kappa shape index (κ3) is 7.92. The van der Waals surface area contributed by atoms with Crippen molar-refractivity contribution in [2.24, 2.45) is 11.3 Å². The molecule has 4 rings (SSSR count). The van der Waals surface area contributed by atoms with Gasteiger partial charge >= 0.3 is 5.97 Å². The number of methoxy groups -OCH3 is 1. The van der Waals surface area contributed by atoms with Gasteiger partial charge < -0.3 is 38.0 Å². The lowest BCUT2D eigenvalue weighted by Gasteiger charge is -2.47. The molecule has 3 saturated heterocycles. The number of rotatable bonds is 8. The summed E-state index contributed by atoms with van der Waals surface area (Å²) in [6.07, 6.45) is 8.26. The molecule has 4 aliphatic heterocycles. The van der Waals surface area contributed by atoms with E-state index in [1.165, 1.54) is 5.57 Å². The van der Waals surface area contributed by atoms with Crippen molar-refractivity contribution in [1.82, 2.24) is 0 Å². The molecule has 0 unspecified atom stereocenters. The van der Waals surface area contributed by atoms with E-state index in [1.54, 1.807) is 7.11 Å². The molecule has 9 heteroatoms. The van der Waals surface area contributed by atoms with Crippen LogP contribution in [0.25, 0.3) is 0 Å². The minimum Gasteiger partial charge on any atom is -0.465 e. The SMILES string of the molecule is CO[C@H]1CC[C@]2(C=C(C[C@@H]3C[C@@H]([C@@H]4CCC[C@H](CCOC(=O)C(C)(C)C)O4)OC(C)(C)O3)[C@@H](C)CO2)O[C@@H]1C=O. The van der Waals surface area contributed by atoms with Crippen LogP contribution in [-0.4, -0.2) is 80.8 Å². The molecule has 0 saturated carbocycles. The highest BCUT2D eigenvalue weighted by atomic mass is 16.7. The zero-order chi connectivity index (χ0) is 29.1. The van der Waals surface area contributed by atoms with Gasteiger partial charge in [-0.05, 0) is 72.8 Å². The lowest BCUT2D eigenvalue weighted by molar-refractivity contribution is -0.320. The molecule has 0 N–H and O–H groups in total. The van der Waals surface area contributed by atoms with Crippen LogP contribution in [0.3, 0.4) is 0 Å². The maximum absolute atomic E-state index is 12.1. The quantitative estimate of drug-likeness (QED) is 0.231. The fourth-order valence-corrected chi connectivity index (χ4v) is 6.23. The van der Waals surface area contributed by atoms with E-state index in [1.807, 2.05) is 34.6 Å². The summed E-state index contributed by atoms with van der Waals surface area (Å²) >= 11 is 0. The van der Waals surface area contributed by atoms with Gasteiger partial charge in [0.2, 0.25) is 0 Å². The van der Waals surface area contributed by atoms with Crippen LogP contribution in [0.2, 0.25) is 0 Å². The number of carbonyl (C=O) groups is 2. The first-order valence-corrected chi connectivity index (χ1v) is 15.0. The first-order valence-electron chi connectivity index (χ1n) is 15.0. The first kappa shape index (κ1) is 31.6. The molecule has 0 aromatic rings. The van der Waals surface area contributed by atoms with Gasteiger partial charge in [-0.25, -0.2) is 0 Å². The van der Waals surface area contributed by atoms with Crippen molar-refractivity contribution >= 4 is 12.3 Å². The van der Waals surface area contributed by atoms with Gasteiger partial charge in [0.05, 0.1) is 49.1 Å². The van der Waals surface area contributed by atoms with Crippen molar-refractivity contribution in [3.05, 3.63) is 11.6 Å². The molecule has 8 atom stereocenters. The zero-order valence-corrected chi connectivity index (χ0v) is 25.4. The van der Waals surface area contributed by atoms with Crippen LogP contribution in [0.15, 0.2) is 11.6 Å². The Morgan fingerprint density at radius 2 is 1.88 bits per heavy atom. The van der Waals surface area contributed by atoms with Crippen LogP contribution >= 0.6 is 0 Å². The summed E-state index contributed by atoms with van der Waals surface area (Å²) in [6, 6.07) is 0. The second-order valence-corrected chi connectivity index (χ2v) is 13.4. The van der Waals surface area contributed by atoms with E-state index in [0.29, 0.717) is 32.5 Å². The Labute approximate surface area is 239 Å². The molecule has 0 bridgehead atoms. The van der Waals surface area contributed by atoms with E-state index in [-0.39, 0.29) is 42.4 Å². The van der Waals surface area contributed by atoms with Gasteiger partial charge in [0.25, 0.3) is 0 Å². The van der Waals surface area contributed by atoms with E-state index >= 15 is 0 Å². The number of aldehydes is 1. The van der Waals surface area contributed by atoms with Crippen LogP contribution in [0, 0.1) is 11.3 Å². The maximum atomic E-state index is 12.1. The Morgan fingerprint density at radius 3 is 2.58 bits per heavy atom. The molecule has 0 aromatic heterocycles. The largest absolute Gasteiger partial charge is 0.465 e. The summed E-state index contributed by atoms with van der Waals surface area (Å²) in [5, 5.41) is 0. The van der Waals surface area contributed by atoms with Gasteiger partial charge in [-0.15, -0.1) is 0 Å². The molecule has 4 aliphatic rings. The molecule has 0 amide bonds. The molecule has 0 radical (unpaired) electrons. The fourth-order valence-electron chi connectivity index (χ4n) is 6.23. The maximum Gasteiger partial charge on any atom is 0.311 e. The summed E-state index contributed by atoms with van der Waals surface area (Å²) < 4.78 is 42.6. The smallest absolute Gasteiger partial charge is 0.311 e. The van der Waals surface area contributed by atoms with Gasteiger partial charge in [-0.3, -0.25) is 4.79 Å². The molecule has 228 valence electrons. The van der Waals surface area contributed by atoms with Crippen LogP contribution in [0.5, 0.6) is 0 Å². The van der Waals surface area contributed by atoms with Crippen LogP contribution in [-0.2, 0) is 42.7 Å². The average Bonchev–Trinajstić information content (AvgIpc) is 2.89. The van der Waals surface area contributed by atoms with Crippen molar-refractivity contribution in [2.45, 2.75) is 141 Å². The molecular formula is C31H50O9. The molecule has 1 spiro atoms. The van der Waals surface area contributed by atoms with Crippen LogP contribution < -0.4 is 0 Å². The Kier molecular flexibility index (Phi) is 10.2. The first-order chi connectivity index (χ1) is 18.8. The van der Waals surface area contributed by atoms with Crippen molar-refractivity contribution < 1.29 is 42.7 Å². The minimum absolute atomic E-state index is 0.0313.